The Bertz CT molecular complexity index is 935. The zero-order valence-electron chi connectivity index (χ0n) is 19.4. The van der Waals surface area contributed by atoms with Crippen molar-refractivity contribution in [2.75, 3.05) is 32.8 Å². The van der Waals surface area contributed by atoms with Crippen LogP contribution in [-0.4, -0.2) is 59.7 Å². The van der Waals surface area contributed by atoms with Crippen LogP contribution in [0.1, 0.15) is 50.7 Å². The molecule has 1 aromatic carbocycles. The predicted octanol–water partition coefficient (Wildman–Crippen LogP) is 4.65. The van der Waals surface area contributed by atoms with Crippen LogP contribution < -0.4 is 9.47 Å². The normalized spacial score (nSPS) is 17.9. The van der Waals surface area contributed by atoms with E-state index in [4.69, 9.17) is 9.47 Å². The number of allylic oxidation sites excluding steroid dienone is 1. The molecule has 3 amide bonds. The molecule has 33 heavy (non-hydrogen) atoms. The van der Waals surface area contributed by atoms with E-state index >= 15 is 0 Å². The van der Waals surface area contributed by atoms with Crippen LogP contribution in [0.5, 0.6) is 11.5 Å². The number of nitrogens with zero attached hydrogens (tertiary/aromatic N) is 2. The van der Waals surface area contributed by atoms with Gasteiger partial charge in [0.15, 0.2) is 11.5 Å². The summed E-state index contributed by atoms with van der Waals surface area (Å²) in [6.45, 7) is 9.73. The van der Waals surface area contributed by atoms with Gasteiger partial charge in [0.2, 0.25) is 5.91 Å². The van der Waals surface area contributed by atoms with Gasteiger partial charge < -0.3 is 14.4 Å². The lowest BCUT2D eigenvalue weighted by Gasteiger charge is -2.22. The van der Waals surface area contributed by atoms with E-state index in [0.717, 1.165) is 53.5 Å². The Morgan fingerprint density at radius 2 is 1.79 bits per heavy atom. The number of benzene rings is 1. The molecule has 0 aliphatic carbocycles. The molecule has 1 aromatic rings. The van der Waals surface area contributed by atoms with Gasteiger partial charge in [-0.3, -0.25) is 19.3 Å². The van der Waals surface area contributed by atoms with Crippen molar-refractivity contribution in [2.24, 2.45) is 0 Å². The number of carbonyl (C=O) groups excluding carboxylic acids is 3. The van der Waals surface area contributed by atoms with E-state index in [0.29, 0.717) is 49.1 Å². The Kier molecular flexibility index (Phi) is 9.00. The first-order valence-corrected chi connectivity index (χ1v) is 12.4. The Morgan fingerprint density at radius 3 is 2.42 bits per heavy atom. The number of hydrogen-bond acceptors (Lipinski definition) is 6. The largest absolute Gasteiger partial charge is 0.490 e. The van der Waals surface area contributed by atoms with Crippen molar-refractivity contribution in [3.63, 3.8) is 0 Å². The number of ether oxygens (including phenoxy) is 2. The maximum absolute atomic E-state index is 13.0. The number of imide groups is 1. The minimum atomic E-state index is -0.440. The highest BCUT2D eigenvalue weighted by atomic mass is 32.2. The molecular formula is C25H32N2O5S. The highest BCUT2D eigenvalue weighted by molar-refractivity contribution is 8.18. The lowest BCUT2D eigenvalue weighted by atomic mass is 10.0. The lowest BCUT2D eigenvalue weighted by Crippen LogP contribution is -2.42. The number of hydrogen-bond donors (Lipinski definition) is 0. The molecule has 178 valence electrons. The number of thioether (sulfide) groups is 1. The summed E-state index contributed by atoms with van der Waals surface area (Å²) < 4.78 is 11.6. The topological polar surface area (TPSA) is 76.2 Å². The van der Waals surface area contributed by atoms with Crippen LogP contribution in [-0.2, 0) is 16.0 Å². The molecule has 2 aliphatic rings. The number of rotatable bonds is 9. The molecule has 2 fully saturated rings. The average molecular weight is 473 g/mol. The van der Waals surface area contributed by atoms with Crippen LogP contribution in [0.2, 0.25) is 0 Å². The molecule has 2 aliphatic heterocycles. The smallest absolute Gasteiger partial charge is 0.294 e. The van der Waals surface area contributed by atoms with Crippen LogP contribution >= 0.6 is 11.8 Å². The Labute approximate surface area is 199 Å². The summed E-state index contributed by atoms with van der Waals surface area (Å²) in [6, 6.07) is 3.71. The summed E-state index contributed by atoms with van der Waals surface area (Å²) >= 11 is 0.858. The molecule has 3 rings (SSSR count). The number of likely N-dealkylation sites (tertiary alicyclic amines) is 1. The predicted molar refractivity (Wildman–Crippen MR) is 130 cm³/mol. The van der Waals surface area contributed by atoms with Crippen molar-refractivity contribution in [3.8, 4) is 11.5 Å². The summed E-state index contributed by atoms with van der Waals surface area (Å²) in [7, 11) is 0. The summed E-state index contributed by atoms with van der Waals surface area (Å²) in [6.07, 6.45) is 8.15. The van der Waals surface area contributed by atoms with Crippen LogP contribution in [0, 0.1) is 0 Å². The fraction of sp³-hybridized carbons (Fsp3) is 0.480. The first kappa shape index (κ1) is 24.9. The lowest BCUT2D eigenvalue weighted by molar-refractivity contribution is -0.135. The summed E-state index contributed by atoms with van der Waals surface area (Å²) in [5.41, 5.74) is 1.61. The molecule has 0 unspecified atom stereocenters. The molecule has 0 atom stereocenters. The second kappa shape index (κ2) is 11.9. The van der Waals surface area contributed by atoms with E-state index in [1.165, 1.54) is 0 Å². The summed E-state index contributed by atoms with van der Waals surface area (Å²) in [4.78, 5) is 41.3. The Morgan fingerprint density at radius 1 is 1.09 bits per heavy atom. The van der Waals surface area contributed by atoms with Crippen molar-refractivity contribution in [1.82, 2.24) is 9.80 Å². The van der Waals surface area contributed by atoms with E-state index in [2.05, 4.69) is 6.58 Å². The molecule has 0 N–H and O–H groups in total. The monoisotopic (exact) mass is 472 g/mol. The fourth-order valence-electron chi connectivity index (χ4n) is 3.99. The first-order chi connectivity index (χ1) is 16.0. The van der Waals surface area contributed by atoms with E-state index in [1.54, 1.807) is 23.1 Å². The van der Waals surface area contributed by atoms with Gasteiger partial charge in [-0.1, -0.05) is 18.9 Å². The second-order valence-electron chi connectivity index (χ2n) is 7.93. The van der Waals surface area contributed by atoms with E-state index < -0.39 is 11.1 Å². The maximum atomic E-state index is 13.0. The third-order valence-corrected chi connectivity index (χ3v) is 6.44. The molecule has 2 heterocycles. The van der Waals surface area contributed by atoms with Crippen molar-refractivity contribution in [1.29, 1.82) is 0 Å². The van der Waals surface area contributed by atoms with Crippen LogP contribution in [0.25, 0.3) is 6.08 Å². The number of amides is 3. The van der Waals surface area contributed by atoms with Gasteiger partial charge in [-0.15, -0.1) is 6.58 Å². The zero-order valence-corrected chi connectivity index (χ0v) is 20.2. The van der Waals surface area contributed by atoms with Crippen LogP contribution in [0.15, 0.2) is 29.7 Å². The third kappa shape index (κ3) is 6.19. The minimum Gasteiger partial charge on any atom is -0.490 e. The summed E-state index contributed by atoms with van der Waals surface area (Å²) in [5.74, 6) is 0.631. The van der Waals surface area contributed by atoms with E-state index in [9.17, 15) is 14.4 Å². The standard InChI is InChI=1S/C25H32N2O5S/c1-4-11-19-14-18(15-20(31-5-2)23(19)32-6-3)16-21-24(29)27(25(30)33-21)17-22(28)26-12-9-7-8-10-13-26/h4,14-16H,1,5-13,17H2,2-3H3. The Hall–Kier alpha value is -2.74. The molecule has 0 aromatic heterocycles. The SMILES string of the molecule is C=CCc1cc(C=C2SC(=O)N(CC(=O)N3CCCCCC3)C2=O)cc(OCC)c1OCC. The van der Waals surface area contributed by atoms with Gasteiger partial charge in [-0.2, -0.15) is 0 Å². The minimum absolute atomic E-state index is 0.173. The molecule has 2 saturated heterocycles. The average Bonchev–Trinajstić information content (AvgIpc) is 2.97. The highest BCUT2D eigenvalue weighted by Gasteiger charge is 2.37. The maximum Gasteiger partial charge on any atom is 0.294 e. The van der Waals surface area contributed by atoms with Gasteiger partial charge in [0.25, 0.3) is 11.1 Å². The third-order valence-electron chi connectivity index (χ3n) is 5.53. The van der Waals surface area contributed by atoms with Gasteiger partial charge in [0.1, 0.15) is 6.54 Å². The molecule has 0 bridgehead atoms. The van der Waals surface area contributed by atoms with E-state index in [-0.39, 0.29) is 12.5 Å². The van der Waals surface area contributed by atoms with Crippen molar-refractivity contribution in [2.45, 2.75) is 46.0 Å². The molecular weight excluding hydrogens is 440 g/mol. The van der Waals surface area contributed by atoms with Crippen LogP contribution in [0.3, 0.4) is 0 Å². The van der Waals surface area contributed by atoms with E-state index in [1.807, 2.05) is 19.9 Å². The highest BCUT2D eigenvalue weighted by Crippen LogP contribution is 2.37. The van der Waals surface area contributed by atoms with Gasteiger partial charge in [-0.25, -0.2) is 0 Å². The second-order valence-corrected chi connectivity index (χ2v) is 8.92. The molecule has 0 spiro atoms. The van der Waals surface area contributed by atoms with Gasteiger partial charge in [-0.05, 0) is 68.6 Å². The van der Waals surface area contributed by atoms with Crippen molar-refractivity contribution < 1.29 is 23.9 Å². The molecule has 8 heteroatoms. The molecule has 7 nitrogen and oxygen atoms in total. The van der Waals surface area contributed by atoms with Gasteiger partial charge >= 0.3 is 0 Å². The van der Waals surface area contributed by atoms with Crippen molar-refractivity contribution in [3.05, 3.63) is 40.8 Å². The zero-order chi connectivity index (χ0) is 23.8. The van der Waals surface area contributed by atoms with Gasteiger partial charge in [0.05, 0.1) is 18.1 Å². The molecule has 0 saturated carbocycles. The summed E-state index contributed by atoms with van der Waals surface area (Å²) in [5, 5.41) is -0.420. The Balaban J connectivity index is 1.82. The van der Waals surface area contributed by atoms with Crippen LogP contribution in [0.4, 0.5) is 4.79 Å². The quantitative estimate of drug-likeness (QED) is 0.385. The van der Waals surface area contributed by atoms with Gasteiger partial charge in [0, 0.05) is 18.7 Å². The first-order valence-electron chi connectivity index (χ1n) is 11.5. The fourth-order valence-corrected chi connectivity index (χ4v) is 4.83. The van der Waals surface area contributed by atoms with Crippen molar-refractivity contribution >= 4 is 34.9 Å². The number of carbonyl (C=O) groups is 3. The molecule has 0 radical (unpaired) electrons.